The molecule has 0 amide bonds. The van der Waals surface area contributed by atoms with Crippen molar-refractivity contribution in [1.82, 2.24) is 5.32 Å². The molecule has 1 N–H and O–H groups in total. The highest BCUT2D eigenvalue weighted by Crippen LogP contribution is 2.28. The van der Waals surface area contributed by atoms with Gasteiger partial charge in [-0.25, -0.2) is 0 Å². The fourth-order valence-corrected chi connectivity index (χ4v) is 2.49. The minimum Gasteiger partial charge on any atom is -0.317 e. The SMILES string of the molecule is CC.CC(=O)c1ccc(C2CCNCC2)c(C)c1. The van der Waals surface area contributed by atoms with Crippen molar-refractivity contribution < 1.29 is 4.79 Å². The minimum atomic E-state index is 0.153. The van der Waals surface area contributed by atoms with E-state index in [2.05, 4.69) is 18.3 Å². The molecule has 100 valence electrons. The fraction of sp³-hybridized carbons (Fsp3) is 0.562. The molecule has 0 spiro atoms. The zero-order valence-corrected chi connectivity index (χ0v) is 12.0. The quantitative estimate of drug-likeness (QED) is 0.808. The number of piperidine rings is 1. The molecule has 1 aromatic carbocycles. The number of nitrogens with one attached hydrogen (secondary N) is 1. The lowest BCUT2D eigenvalue weighted by Gasteiger charge is -2.24. The predicted octanol–water partition coefficient (Wildman–Crippen LogP) is 3.69. The summed E-state index contributed by atoms with van der Waals surface area (Å²) in [6, 6.07) is 6.13. The van der Waals surface area contributed by atoms with E-state index in [4.69, 9.17) is 0 Å². The Hall–Kier alpha value is -1.15. The van der Waals surface area contributed by atoms with Gasteiger partial charge in [0, 0.05) is 5.56 Å². The van der Waals surface area contributed by atoms with Gasteiger partial charge in [0.15, 0.2) is 5.78 Å². The van der Waals surface area contributed by atoms with Crippen molar-refractivity contribution in [3.8, 4) is 0 Å². The van der Waals surface area contributed by atoms with Crippen LogP contribution in [-0.2, 0) is 0 Å². The maximum absolute atomic E-state index is 11.3. The van der Waals surface area contributed by atoms with Gasteiger partial charge < -0.3 is 5.32 Å². The van der Waals surface area contributed by atoms with Crippen LogP contribution in [0.5, 0.6) is 0 Å². The lowest BCUT2D eigenvalue weighted by atomic mass is 9.86. The largest absolute Gasteiger partial charge is 0.317 e. The number of hydrogen-bond acceptors (Lipinski definition) is 2. The number of hydrogen-bond donors (Lipinski definition) is 1. The molecule has 2 nitrogen and oxygen atoms in total. The molecule has 2 rings (SSSR count). The second-order valence-corrected chi connectivity index (χ2v) is 4.65. The molecule has 1 aliphatic heterocycles. The summed E-state index contributed by atoms with van der Waals surface area (Å²) in [4.78, 5) is 11.3. The molecule has 0 aliphatic carbocycles. The highest BCUT2D eigenvalue weighted by atomic mass is 16.1. The third-order valence-corrected chi connectivity index (χ3v) is 3.46. The maximum atomic E-state index is 11.3. The molecule has 0 saturated carbocycles. The first-order chi connectivity index (χ1) is 8.68. The standard InChI is InChI=1S/C14H19NO.C2H6/c1-10-9-13(11(2)16)3-4-14(10)12-5-7-15-8-6-12;1-2/h3-4,9,12,15H,5-8H2,1-2H3;1-2H3. The number of benzene rings is 1. The third-order valence-electron chi connectivity index (χ3n) is 3.46. The van der Waals surface area contributed by atoms with E-state index in [1.165, 1.54) is 24.0 Å². The van der Waals surface area contributed by atoms with Gasteiger partial charge >= 0.3 is 0 Å². The van der Waals surface area contributed by atoms with E-state index in [1.807, 2.05) is 26.0 Å². The molecule has 0 bridgehead atoms. The van der Waals surface area contributed by atoms with Crippen molar-refractivity contribution in [2.75, 3.05) is 13.1 Å². The minimum absolute atomic E-state index is 0.153. The molecule has 0 atom stereocenters. The van der Waals surface area contributed by atoms with Gasteiger partial charge in [-0.3, -0.25) is 4.79 Å². The van der Waals surface area contributed by atoms with Crippen molar-refractivity contribution >= 4 is 5.78 Å². The van der Waals surface area contributed by atoms with Crippen LogP contribution in [0.4, 0.5) is 0 Å². The maximum Gasteiger partial charge on any atom is 0.159 e. The van der Waals surface area contributed by atoms with E-state index in [0.29, 0.717) is 5.92 Å². The Kier molecular flexibility index (Phi) is 6.06. The van der Waals surface area contributed by atoms with Crippen LogP contribution in [0.1, 0.15) is 61.0 Å². The molecular weight excluding hydrogens is 222 g/mol. The predicted molar refractivity (Wildman–Crippen MR) is 77.4 cm³/mol. The van der Waals surface area contributed by atoms with Crippen molar-refractivity contribution in [2.24, 2.45) is 0 Å². The summed E-state index contributed by atoms with van der Waals surface area (Å²) in [5, 5.41) is 3.38. The topological polar surface area (TPSA) is 29.1 Å². The first kappa shape index (κ1) is 14.9. The van der Waals surface area contributed by atoms with Gasteiger partial charge in [0.25, 0.3) is 0 Å². The Morgan fingerprint density at radius 2 is 1.83 bits per heavy atom. The average molecular weight is 247 g/mol. The molecule has 18 heavy (non-hydrogen) atoms. The summed E-state index contributed by atoms with van der Waals surface area (Å²) in [7, 11) is 0. The van der Waals surface area contributed by atoms with Gasteiger partial charge in [0.1, 0.15) is 0 Å². The lowest BCUT2D eigenvalue weighted by Crippen LogP contribution is -2.27. The molecule has 0 unspecified atom stereocenters. The van der Waals surface area contributed by atoms with E-state index in [9.17, 15) is 4.79 Å². The van der Waals surface area contributed by atoms with Crippen LogP contribution in [0.3, 0.4) is 0 Å². The summed E-state index contributed by atoms with van der Waals surface area (Å²) in [6.45, 7) is 9.96. The Morgan fingerprint density at radius 3 is 2.33 bits per heavy atom. The third kappa shape index (κ3) is 3.67. The van der Waals surface area contributed by atoms with Crippen molar-refractivity contribution in [3.05, 3.63) is 34.9 Å². The molecule has 0 radical (unpaired) electrons. The van der Waals surface area contributed by atoms with Gasteiger partial charge in [0.2, 0.25) is 0 Å². The van der Waals surface area contributed by atoms with E-state index < -0.39 is 0 Å². The van der Waals surface area contributed by atoms with Crippen LogP contribution in [0.25, 0.3) is 0 Å². The highest BCUT2D eigenvalue weighted by Gasteiger charge is 2.17. The number of carbonyl (C=O) groups excluding carboxylic acids is 1. The van der Waals surface area contributed by atoms with Crippen LogP contribution >= 0.6 is 0 Å². The first-order valence-corrected chi connectivity index (χ1v) is 7.00. The first-order valence-electron chi connectivity index (χ1n) is 7.00. The zero-order valence-electron chi connectivity index (χ0n) is 12.0. The molecule has 1 fully saturated rings. The Bertz CT molecular complexity index is 392. The Morgan fingerprint density at radius 1 is 1.22 bits per heavy atom. The second-order valence-electron chi connectivity index (χ2n) is 4.65. The van der Waals surface area contributed by atoms with Crippen LogP contribution in [0.2, 0.25) is 0 Å². The van der Waals surface area contributed by atoms with Crippen LogP contribution in [-0.4, -0.2) is 18.9 Å². The zero-order chi connectivity index (χ0) is 13.5. The number of rotatable bonds is 2. The summed E-state index contributed by atoms with van der Waals surface area (Å²) in [5.41, 5.74) is 3.52. The summed E-state index contributed by atoms with van der Waals surface area (Å²) in [6.07, 6.45) is 2.42. The number of Topliss-reactive ketones (excluding diaryl/α,β-unsaturated/α-hetero) is 1. The fourth-order valence-electron chi connectivity index (χ4n) is 2.49. The summed E-state index contributed by atoms with van der Waals surface area (Å²) >= 11 is 0. The Labute approximate surface area is 111 Å². The molecule has 1 heterocycles. The highest BCUT2D eigenvalue weighted by molar-refractivity contribution is 5.94. The van der Waals surface area contributed by atoms with Crippen LogP contribution in [0, 0.1) is 6.92 Å². The molecular formula is C16H25NO. The van der Waals surface area contributed by atoms with Gasteiger partial charge in [-0.05, 0) is 62.9 Å². The van der Waals surface area contributed by atoms with Crippen molar-refractivity contribution in [2.45, 2.75) is 46.5 Å². The molecule has 0 aromatic heterocycles. The smallest absolute Gasteiger partial charge is 0.159 e. The van der Waals surface area contributed by atoms with Crippen LogP contribution in [0.15, 0.2) is 18.2 Å². The normalized spacial score (nSPS) is 15.8. The molecule has 2 heteroatoms. The van der Waals surface area contributed by atoms with Gasteiger partial charge in [0.05, 0.1) is 0 Å². The van der Waals surface area contributed by atoms with E-state index in [-0.39, 0.29) is 5.78 Å². The Balaban J connectivity index is 0.000000771. The van der Waals surface area contributed by atoms with Crippen molar-refractivity contribution in [1.29, 1.82) is 0 Å². The van der Waals surface area contributed by atoms with Crippen molar-refractivity contribution in [3.63, 3.8) is 0 Å². The monoisotopic (exact) mass is 247 g/mol. The lowest BCUT2D eigenvalue weighted by molar-refractivity contribution is 0.101. The van der Waals surface area contributed by atoms with Gasteiger partial charge in [-0.1, -0.05) is 26.0 Å². The number of aryl methyl sites for hydroxylation is 1. The van der Waals surface area contributed by atoms with E-state index >= 15 is 0 Å². The van der Waals surface area contributed by atoms with Crippen LogP contribution < -0.4 is 5.32 Å². The second kappa shape index (κ2) is 7.32. The average Bonchev–Trinajstić information content (AvgIpc) is 2.42. The number of ketones is 1. The van der Waals surface area contributed by atoms with E-state index in [1.54, 1.807) is 6.92 Å². The molecule has 1 aromatic rings. The summed E-state index contributed by atoms with van der Waals surface area (Å²) < 4.78 is 0. The molecule has 1 aliphatic rings. The van der Waals surface area contributed by atoms with Gasteiger partial charge in [-0.2, -0.15) is 0 Å². The summed E-state index contributed by atoms with van der Waals surface area (Å²) in [5.74, 6) is 0.821. The van der Waals surface area contributed by atoms with Gasteiger partial charge in [-0.15, -0.1) is 0 Å². The van der Waals surface area contributed by atoms with E-state index in [0.717, 1.165) is 18.7 Å². The molecule has 1 saturated heterocycles. The number of carbonyl (C=O) groups is 1.